The molecule has 0 aliphatic carbocycles. The van der Waals surface area contributed by atoms with Crippen LogP contribution in [0.5, 0.6) is 0 Å². The number of furan rings is 2. The van der Waals surface area contributed by atoms with Crippen molar-refractivity contribution in [3.8, 4) is 17.1 Å². The van der Waals surface area contributed by atoms with Crippen LogP contribution in [0.15, 0.2) is 197 Å². The summed E-state index contributed by atoms with van der Waals surface area (Å²) in [6.45, 7) is 0. The Morgan fingerprint density at radius 1 is 0.271 bits per heavy atom. The molecule has 59 heavy (non-hydrogen) atoms. The largest absolute Gasteiger partial charge is 0.456 e. The van der Waals surface area contributed by atoms with Crippen molar-refractivity contribution < 1.29 is 8.83 Å². The minimum absolute atomic E-state index is 0.798. The van der Waals surface area contributed by atoms with Crippen LogP contribution in [-0.4, -0.2) is 13.7 Å². The molecule has 0 saturated heterocycles. The third-order valence-corrected chi connectivity index (χ3v) is 12.6. The average Bonchev–Trinajstić information content (AvgIpc) is 4.09. The first-order valence-corrected chi connectivity index (χ1v) is 20.1. The monoisotopic (exact) mass is 753 g/mol. The first kappa shape index (κ1) is 31.1. The van der Waals surface area contributed by atoms with Gasteiger partial charge in [0.05, 0.1) is 44.2 Å². The molecule has 0 amide bonds. The van der Waals surface area contributed by atoms with Crippen LogP contribution in [0.4, 0.5) is 0 Å². The number of benzene rings is 9. The van der Waals surface area contributed by atoms with Crippen molar-refractivity contribution in [3.63, 3.8) is 0 Å². The first-order valence-electron chi connectivity index (χ1n) is 20.1. The molecule has 5 nitrogen and oxygen atoms in total. The summed E-state index contributed by atoms with van der Waals surface area (Å²) in [6, 6.07) is 67.5. The Kier molecular flexibility index (Phi) is 5.96. The topological polar surface area (TPSA) is 41.1 Å². The number of para-hydroxylation sites is 6. The van der Waals surface area contributed by atoms with Gasteiger partial charge in [-0.3, -0.25) is 0 Å². The van der Waals surface area contributed by atoms with Crippen LogP contribution in [0, 0.1) is 0 Å². The second kappa shape index (κ2) is 11.3. The number of hydrogen-bond donors (Lipinski definition) is 0. The SMILES string of the molecule is c1ccc2c(c1)c1ccccc1n2-c1cc(-n2c3ccccc3c3ccccc32)c2oc3c(ccc4oc5ccc(-n6c7ccccc7c7ccccc76)cc5c43)c2c1. The molecule has 0 radical (unpaired) electrons. The Morgan fingerprint density at radius 2 is 0.695 bits per heavy atom. The average molecular weight is 754 g/mol. The molecule has 0 N–H and O–H groups in total. The summed E-state index contributed by atoms with van der Waals surface area (Å²) >= 11 is 0. The molecular weight excluding hydrogens is 723 g/mol. The van der Waals surface area contributed by atoms with Crippen molar-refractivity contribution in [1.82, 2.24) is 13.7 Å². The lowest BCUT2D eigenvalue weighted by molar-refractivity contribution is 0.661. The maximum atomic E-state index is 7.31. The highest BCUT2D eigenvalue weighted by Crippen LogP contribution is 2.45. The van der Waals surface area contributed by atoms with E-state index in [0.29, 0.717) is 0 Å². The first-order chi connectivity index (χ1) is 29.3. The van der Waals surface area contributed by atoms with Gasteiger partial charge in [0.25, 0.3) is 0 Å². The number of fused-ring (bicyclic) bond motifs is 16. The fourth-order valence-corrected chi connectivity index (χ4v) is 10.2. The standard InChI is InChI=1S/C54H31N3O2/c1-7-19-43-34(13-1)35-14-2-8-20-44(35)55(43)32-25-27-50-42(29-32)52-51(58-50)28-26-40-41-30-33(56-45-21-9-3-15-36(45)37-16-4-10-22-46(37)56)31-49(53(41)59-54(40)52)57-47-23-11-5-17-38(47)39-18-6-12-24-48(39)57/h1-31H. The van der Waals surface area contributed by atoms with E-state index in [1.165, 1.54) is 43.4 Å². The molecule has 0 unspecified atom stereocenters. The van der Waals surface area contributed by atoms with Crippen LogP contribution in [0.1, 0.15) is 0 Å². The molecule has 0 aliphatic heterocycles. The normalized spacial score (nSPS) is 12.4. The molecule has 0 atom stereocenters. The Hall–Kier alpha value is -8.02. The van der Waals surface area contributed by atoms with Crippen LogP contribution in [-0.2, 0) is 0 Å². The second-order valence-corrected chi connectivity index (χ2v) is 15.7. The van der Waals surface area contributed by atoms with Crippen LogP contribution in [0.25, 0.3) is 126 Å². The molecule has 274 valence electrons. The summed E-state index contributed by atoms with van der Waals surface area (Å²) < 4.78 is 21.1. The third-order valence-electron chi connectivity index (χ3n) is 12.6. The van der Waals surface area contributed by atoms with Crippen LogP contribution < -0.4 is 0 Å². The van der Waals surface area contributed by atoms with Gasteiger partial charge in [-0.05, 0) is 78.9 Å². The minimum atomic E-state index is 0.798. The quantitative estimate of drug-likeness (QED) is 0.180. The number of rotatable bonds is 3. The van der Waals surface area contributed by atoms with Gasteiger partial charge in [0.1, 0.15) is 16.7 Å². The van der Waals surface area contributed by atoms with Crippen molar-refractivity contribution in [2.45, 2.75) is 0 Å². The predicted molar refractivity (Wildman–Crippen MR) is 244 cm³/mol. The highest BCUT2D eigenvalue weighted by atomic mass is 16.3. The van der Waals surface area contributed by atoms with Crippen LogP contribution >= 0.6 is 0 Å². The van der Waals surface area contributed by atoms with Crippen LogP contribution in [0.3, 0.4) is 0 Å². The Balaban J connectivity index is 1.12. The van der Waals surface area contributed by atoms with E-state index in [9.17, 15) is 0 Å². The summed E-state index contributed by atoms with van der Waals surface area (Å²) in [6.07, 6.45) is 0. The van der Waals surface area contributed by atoms with Gasteiger partial charge in [-0.25, -0.2) is 0 Å². The fourth-order valence-electron chi connectivity index (χ4n) is 10.2. The van der Waals surface area contributed by atoms with E-state index in [-0.39, 0.29) is 0 Å². The Labute approximate surface area is 335 Å². The molecule has 14 rings (SSSR count). The third kappa shape index (κ3) is 4.08. The summed E-state index contributed by atoms with van der Waals surface area (Å²) in [5, 5.41) is 11.4. The van der Waals surface area contributed by atoms with E-state index >= 15 is 0 Å². The van der Waals surface area contributed by atoms with Gasteiger partial charge < -0.3 is 22.5 Å². The molecule has 0 saturated carbocycles. The Bertz CT molecular complexity index is 3930. The summed E-state index contributed by atoms with van der Waals surface area (Å²) in [5.41, 5.74) is 13.3. The molecule has 5 heteroatoms. The second-order valence-electron chi connectivity index (χ2n) is 15.7. The molecule has 14 aromatic rings. The molecule has 5 aromatic heterocycles. The minimum Gasteiger partial charge on any atom is -0.456 e. The number of nitrogens with zero attached hydrogens (tertiary/aromatic N) is 3. The van der Waals surface area contributed by atoms with Crippen molar-refractivity contribution in [1.29, 1.82) is 0 Å². The predicted octanol–water partition coefficient (Wildman–Crippen LogP) is 14.8. The van der Waals surface area contributed by atoms with Gasteiger partial charge >= 0.3 is 0 Å². The van der Waals surface area contributed by atoms with Gasteiger partial charge in [0.15, 0.2) is 5.58 Å². The van der Waals surface area contributed by atoms with Crippen LogP contribution in [0.2, 0.25) is 0 Å². The van der Waals surface area contributed by atoms with E-state index in [4.69, 9.17) is 8.83 Å². The number of aromatic nitrogens is 3. The summed E-state index contributed by atoms with van der Waals surface area (Å²) in [4.78, 5) is 0. The van der Waals surface area contributed by atoms with E-state index in [2.05, 4.69) is 202 Å². The zero-order valence-corrected chi connectivity index (χ0v) is 31.6. The van der Waals surface area contributed by atoms with Gasteiger partial charge in [0, 0.05) is 59.9 Å². The molecule has 9 aromatic carbocycles. The van der Waals surface area contributed by atoms with Gasteiger partial charge in [-0.1, -0.05) is 109 Å². The molecular formula is C54H31N3O2. The molecule has 5 heterocycles. The molecule has 0 bridgehead atoms. The number of hydrogen-bond acceptors (Lipinski definition) is 2. The van der Waals surface area contributed by atoms with Gasteiger partial charge in [0.2, 0.25) is 0 Å². The van der Waals surface area contributed by atoms with Gasteiger partial charge in [-0.2, -0.15) is 0 Å². The smallest absolute Gasteiger partial charge is 0.159 e. The molecule has 0 spiro atoms. The summed E-state index contributed by atoms with van der Waals surface area (Å²) in [7, 11) is 0. The van der Waals surface area contributed by atoms with E-state index < -0.39 is 0 Å². The lowest BCUT2D eigenvalue weighted by atomic mass is 10.1. The maximum Gasteiger partial charge on any atom is 0.159 e. The van der Waals surface area contributed by atoms with E-state index in [1.54, 1.807) is 0 Å². The fraction of sp³-hybridized carbons (Fsp3) is 0. The maximum absolute atomic E-state index is 7.31. The van der Waals surface area contributed by atoms with Crippen molar-refractivity contribution in [2.24, 2.45) is 0 Å². The zero-order valence-electron chi connectivity index (χ0n) is 31.6. The van der Waals surface area contributed by atoms with E-state index in [1.807, 2.05) is 0 Å². The lowest BCUT2D eigenvalue weighted by Gasteiger charge is -2.14. The van der Waals surface area contributed by atoms with Crippen molar-refractivity contribution in [2.75, 3.05) is 0 Å². The Morgan fingerprint density at radius 3 is 1.20 bits per heavy atom. The summed E-state index contributed by atoms with van der Waals surface area (Å²) in [5.74, 6) is 0. The van der Waals surface area contributed by atoms with Gasteiger partial charge in [-0.15, -0.1) is 0 Å². The van der Waals surface area contributed by atoms with Crippen molar-refractivity contribution >= 4 is 109 Å². The lowest BCUT2D eigenvalue weighted by Crippen LogP contribution is -1.99. The molecule has 0 aliphatic rings. The van der Waals surface area contributed by atoms with E-state index in [0.717, 1.165) is 83.0 Å². The zero-order chi connectivity index (χ0) is 38.3. The molecule has 0 fully saturated rings. The highest BCUT2D eigenvalue weighted by Gasteiger charge is 2.24. The van der Waals surface area contributed by atoms with Crippen molar-refractivity contribution in [3.05, 3.63) is 188 Å². The highest BCUT2D eigenvalue weighted by molar-refractivity contribution is 6.24.